The summed E-state index contributed by atoms with van der Waals surface area (Å²) in [6.45, 7) is 1.05. The Bertz CT molecular complexity index is 854. The summed E-state index contributed by atoms with van der Waals surface area (Å²) in [5.74, 6) is 0.116. The minimum Gasteiger partial charge on any atom is -0.467 e. The fraction of sp³-hybridized carbons (Fsp3) is 0.611. The van der Waals surface area contributed by atoms with Crippen LogP contribution in [0.4, 0.5) is 9.18 Å². The van der Waals surface area contributed by atoms with E-state index in [4.69, 9.17) is 9.47 Å². The first-order valence-corrected chi connectivity index (χ1v) is 10.8. The number of benzene rings is 1. The Kier molecular flexibility index (Phi) is 4.75. The zero-order valence-corrected chi connectivity index (χ0v) is 15.8. The van der Waals surface area contributed by atoms with Crippen LogP contribution >= 0.6 is 0 Å². The normalized spacial score (nSPS) is 22.9. The van der Waals surface area contributed by atoms with Gasteiger partial charge in [-0.3, -0.25) is 0 Å². The molecule has 7 nitrogen and oxygen atoms in total. The Labute approximate surface area is 157 Å². The standard InChI is InChI=1S/C18H23FN2O5S/c19-15-8-13(16-14(9-15)11-25-12-26-16)10-20-17(22)21-5-4-18(2-1-3-18)27(23,24)7-6-21/h8-9H,1-7,10-12H2,(H,20,22). The zero-order valence-electron chi connectivity index (χ0n) is 15.0. The van der Waals surface area contributed by atoms with E-state index in [1.54, 1.807) is 4.90 Å². The van der Waals surface area contributed by atoms with E-state index in [1.165, 1.54) is 12.1 Å². The summed E-state index contributed by atoms with van der Waals surface area (Å²) in [6.07, 6.45) is 2.80. The van der Waals surface area contributed by atoms with Gasteiger partial charge in [0.25, 0.3) is 0 Å². The lowest BCUT2D eigenvalue weighted by atomic mass is 9.81. The van der Waals surface area contributed by atoms with Gasteiger partial charge in [0.05, 0.1) is 17.1 Å². The van der Waals surface area contributed by atoms with E-state index in [0.29, 0.717) is 42.7 Å². The molecule has 1 spiro atoms. The highest BCUT2D eigenvalue weighted by molar-refractivity contribution is 7.92. The molecule has 4 rings (SSSR count). The molecule has 9 heteroatoms. The van der Waals surface area contributed by atoms with Gasteiger partial charge >= 0.3 is 6.03 Å². The molecule has 0 aromatic heterocycles. The van der Waals surface area contributed by atoms with Gasteiger partial charge in [0.2, 0.25) is 0 Å². The minimum absolute atomic E-state index is 0.00374. The van der Waals surface area contributed by atoms with Crippen LogP contribution in [0.25, 0.3) is 0 Å². The number of nitrogens with one attached hydrogen (secondary N) is 1. The lowest BCUT2D eigenvalue weighted by Gasteiger charge is -2.39. The molecule has 3 aliphatic rings. The molecule has 148 valence electrons. The average Bonchev–Trinajstić information content (AvgIpc) is 2.74. The van der Waals surface area contributed by atoms with Gasteiger partial charge in [0.15, 0.2) is 16.6 Å². The molecule has 2 aliphatic heterocycles. The van der Waals surface area contributed by atoms with Crippen LogP contribution in [0, 0.1) is 5.82 Å². The van der Waals surface area contributed by atoms with Gasteiger partial charge in [-0.05, 0) is 31.4 Å². The van der Waals surface area contributed by atoms with Crippen LogP contribution in [0.3, 0.4) is 0 Å². The molecule has 2 amide bonds. The molecule has 1 aromatic carbocycles. The van der Waals surface area contributed by atoms with Crippen molar-refractivity contribution < 1.29 is 27.1 Å². The number of hydrogen-bond acceptors (Lipinski definition) is 5. The average molecular weight is 398 g/mol. The van der Waals surface area contributed by atoms with Crippen LogP contribution in [-0.2, 0) is 27.7 Å². The molecule has 0 bridgehead atoms. The first kappa shape index (κ1) is 18.5. The van der Waals surface area contributed by atoms with Crippen molar-refractivity contribution in [1.82, 2.24) is 10.2 Å². The number of ether oxygens (including phenoxy) is 2. The van der Waals surface area contributed by atoms with Crippen molar-refractivity contribution in [3.05, 3.63) is 29.1 Å². The second-order valence-electron chi connectivity index (χ2n) is 7.42. The van der Waals surface area contributed by atoms with E-state index in [1.807, 2.05) is 0 Å². The van der Waals surface area contributed by atoms with Gasteiger partial charge in [0, 0.05) is 30.8 Å². The fourth-order valence-corrected chi connectivity index (χ4v) is 6.27. The molecule has 1 saturated heterocycles. The molecular weight excluding hydrogens is 375 g/mol. The van der Waals surface area contributed by atoms with E-state index >= 15 is 0 Å². The van der Waals surface area contributed by atoms with Gasteiger partial charge in [-0.2, -0.15) is 0 Å². The lowest BCUT2D eigenvalue weighted by Crippen LogP contribution is -2.46. The quantitative estimate of drug-likeness (QED) is 0.823. The van der Waals surface area contributed by atoms with Crippen molar-refractivity contribution in [1.29, 1.82) is 0 Å². The number of urea groups is 1. The number of sulfone groups is 1. The second-order valence-corrected chi connectivity index (χ2v) is 9.92. The molecule has 1 aliphatic carbocycles. The van der Waals surface area contributed by atoms with E-state index in [0.717, 1.165) is 6.42 Å². The number of hydrogen-bond donors (Lipinski definition) is 1. The number of fused-ring (bicyclic) bond motifs is 1. The molecule has 0 atom stereocenters. The van der Waals surface area contributed by atoms with Gasteiger partial charge < -0.3 is 19.7 Å². The summed E-state index contributed by atoms with van der Waals surface area (Å²) in [4.78, 5) is 14.1. The summed E-state index contributed by atoms with van der Waals surface area (Å²) < 4.78 is 48.8. The highest BCUT2D eigenvalue weighted by atomic mass is 32.2. The molecule has 2 heterocycles. The van der Waals surface area contributed by atoms with Crippen molar-refractivity contribution in [2.75, 3.05) is 25.6 Å². The molecule has 0 unspecified atom stereocenters. The first-order valence-electron chi connectivity index (χ1n) is 9.17. The van der Waals surface area contributed by atoms with Crippen LogP contribution in [0.15, 0.2) is 12.1 Å². The molecular formula is C18H23FN2O5S. The summed E-state index contributed by atoms with van der Waals surface area (Å²) in [5.41, 5.74) is 1.15. The maximum absolute atomic E-state index is 13.8. The van der Waals surface area contributed by atoms with E-state index < -0.39 is 20.4 Å². The Morgan fingerprint density at radius 1 is 1.26 bits per heavy atom. The summed E-state index contributed by atoms with van der Waals surface area (Å²) in [7, 11) is -3.18. The number of amides is 2. The third-order valence-corrected chi connectivity index (χ3v) is 8.51. The van der Waals surface area contributed by atoms with Crippen LogP contribution in [0.5, 0.6) is 5.75 Å². The van der Waals surface area contributed by atoms with E-state index in [-0.39, 0.29) is 38.3 Å². The van der Waals surface area contributed by atoms with Crippen molar-refractivity contribution in [3.8, 4) is 5.75 Å². The summed E-state index contributed by atoms with van der Waals surface area (Å²) >= 11 is 0. The highest BCUT2D eigenvalue weighted by Crippen LogP contribution is 2.43. The minimum atomic E-state index is -3.18. The number of nitrogens with zero attached hydrogens (tertiary/aromatic N) is 1. The Morgan fingerprint density at radius 3 is 2.81 bits per heavy atom. The van der Waals surface area contributed by atoms with Crippen LogP contribution in [0.1, 0.15) is 36.8 Å². The molecule has 27 heavy (non-hydrogen) atoms. The molecule has 1 N–H and O–H groups in total. The third-order valence-electron chi connectivity index (χ3n) is 5.86. The maximum Gasteiger partial charge on any atom is 0.317 e. The molecule has 2 fully saturated rings. The predicted molar refractivity (Wildman–Crippen MR) is 95.5 cm³/mol. The van der Waals surface area contributed by atoms with Crippen molar-refractivity contribution >= 4 is 15.9 Å². The number of carbonyl (C=O) groups is 1. The largest absolute Gasteiger partial charge is 0.467 e. The number of rotatable bonds is 2. The monoisotopic (exact) mass is 398 g/mol. The van der Waals surface area contributed by atoms with Crippen LogP contribution in [-0.4, -0.2) is 49.7 Å². The number of carbonyl (C=O) groups excluding carboxylic acids is 1. The van der Waals surface area contributed by atoms with Gasteiger partial charge in [0.1, 0.15) is 11.6 Å². The Hall–Kier alpha value is -1.87. The van der Waals surface area contributed by atoms with Crippen LogP contribution < -0.4 is 10.1 Å². The molecule has 1 aromatic rings. The smallest absolute Gasteiger partial charge is 0.317 e. The Morgan fingerprint density at radius 2 is 2.07 bits per heavy atom. The first-order chi connectivity index (χ1) is 12.9. The maximum atomic E-state index is 13.8. The highest BCUT2D eigenvalue weighted by Gasteiger charge is 2.49. The third kappa shape index (κ3) is 3.38. The van der Waals surface area contributed by atoms with Crippen molar-refractivity contribution in [3.63, 3.8) is 0 Å². The van der Waals surface area contributed by atoms with Gasteiger partial charge in [-0.25, -0.2) is 17.6 Å². The van der Waals surface area contributed by atoms with Crippen LogP contribution in [0.2, 0.25) is 0 Å². The topological polar surface area (TPSA) is 84.9 Å². The Balaban J connectivity index is 1.42. The number of halogens is 1. The predicted octanol–water partition coefficient (Wildman–Crippen LogP) is 1.95. The van der Waals surface area contributed by atoms with Crippen molar-refractivity contribution in [2.45, 2.75) is 43.6 Å². The lowest BCUT2D eigenvalue weighted by molar-refractivity contribution is -0.0173. The summed E-state index contributed by atoms with van der Waals surface area (Å²) in [6, 6.07) is 2.35. The summed E-state index contributed by atoms with van der Waals surface area (Å²) in [5, 5.41) is 2.77. The zero-order chi connectivity index (χ0) is 19.1. The molecule has 0 radical (unpaired) electrons. The van der Waals surface area contributed by atoms with Crippen molar-refractivity contribution in [2.24, 2.45) is 0 Å². The van der Waals surface area contributed by atoms with E-state index in [9.17, 15) is 17.6 Å². The second kappa shape index (κ2) is 6.94. The van der Waals surface area contributed by atoms with Gasteiger partial charge in [-0.1, -0.05) is 6.42 Å². The SMILES string of the molecule is O=C(NCc1cc(F)cc2c1OCOC2)N1CCC2(CCC2)S(=O)(=O)CC1. The van der Waals surface area contributed by atoms with Gasteiger partial charge in [-0.15, -0.1) is 0 Å². The van der Waals surface area contributed by atoms with E-state index in [2.05, 4.69) is 5.32 Å². The molecule has 1 saturated carbocycles. The fourth-order valence-electron chi connectivity index (χ4n) is 4.06.